The van der Waals surface area contributed by atoms with E-state index in [2.05, 4.69) is 18.9 Å². The van der Waals surface area contributed by atoms with Crippen molar-refractivity contribution in [2.75, 3.05) is 26.8 Å². The minimum atomic E-state index is -0.130. The first-order valence-corrected chi connectivity index (χ1v) is 6.71. The number of nitrogens with zero attached hydrogens (tertiary/aromatic N) is 1. The van der Waals surface area contributed by atoms with Gasteiger partial charge in [-0.3, -0.25) is 4.90 Å². The molecule has 1 fully saturated rings. The van der Waals surface area contributed by atoms with Gasteiger partial charge in [-0.25, -0.2) is 0 Å². The van der Waals surface area contributed by atoms with Gasteiger partial charge in [0.2, 0.25) is 0 Å². The third-order valence-electron chi connectivity index (χ3n) is 3.49. The summed E-state index contributed by atoms with van der Waals surface area (Å²) in [5.74, 6) is 0. The molecular weight excluding hydrogens is 202 g/mol. The number of unbranched alkanes of at least 4 members (excludes halogenated alkanes) is 1. The highest BCUT2D eigenvalue weighted by Crippen LogP contribution is 2.21. The van der Waals surface area contributed by atoms with Crippen LogP contribution in [0.25, 0.3) is 0 Å². The van der Waals surface area contributed by atoms with Gasteiger partial charge in [-0.2, -0.15) is 0 Å². The largest absolute Gasteiger partial charge is 0.391 e. The van der Waals surface area contributed by atoms with E-state index in [0.717, 1.165) is 39.0 Å². The minimum Gasteiger partial charge on any atom is -0.391 e. The molecule has 2 atom stereocenters. The lowest BCUT2D eigenvalue weighted by Gasteiger charge is -2.35. The number of hydrogen-bond acceptors (Lipinski definition) is 3. The van der Waals surface area contributed by atoms with E-state index >= 15 is 0 Å². The molecule has 0 aromatic carbocycles. The molecule has 16 heavy (non-hydrogen) atoms. The lowest BCUT2D eigenvalue weighted by Crippen LogP contribution is -2.44. The van der Waals surface area contributed by atoms with Crippen molar-refractivity contribution < 1.29 is 9.84 Å². The second-order valence-corrected chi connectivity index (χ2v) is 4.87. The molecule has 1 N–H and O–H groups in total. The lowest BCUT2D eigenvalue weighted by atomic mass is 9.92. The zero-order valence-corrected chi connectivity index (χ0v) is 10.8. The van der Waals surface area contributed by atoms with Crippen molar-refractivity contribution in [3.05, 3.63) is 0 Å². The van der Waals surface area contributed by atoms with Crippen LogP contribution in [0, 0.1) is 0 Å². The van der Waals surface area contributed by atoms with E-state index < -0.39 is 0 Å². The summed E-state index contributed by atoms with van der Waals surface area (Å²) in [4.78, 5) is 2.26. The quantitative estimate of drug-likeness (QED) is 0.678. The summed E-state index contributed by atoms with van der Waals surface area (Å²) in [6, 6.07) is 0.350. The third kappa shape index (κ3) is 4.81. The van der Waals surface area contributed by atoms with Crippen molar-refractivity contribution >= 4 is 0 Å². The average molecular weight is 229 g/mol. The standard InChI is InChI=1S/C13H27NO2/c1-3-4-10-16-11-9-14(2)12-7-5-6-8-13(12)15/h12-13,15H,3-11H2,1-2H3. The predicted octanol–water partition coefficient (Wildman–Crippen LogP) is 2.04. The van der Waals surface area contributed by atoms with Crippen LogP contribution in [0.3, 0.4) is 0 Å². The van der Waals surface area contributed by atoms with E-state index in [-0.39, 0.29) is 6.10 Å². The van der Waals surface area contributed by atoms with E-state index in [1.165, 1.54) is 19.3 Å². The Morgan fingerprint density at radius 1 is 1.25 bits per heavy atom. The molecule has 3 heteroatoms. The van der Waals surface area contributed by atoms with Gasteiger partial charge >= 0.3 is 0 Å². The predicted molar refractivity (Wildman–Crippen MR) is 66.6 cm³/mol. The molecule has 1 saturated carbocycles. The highest BCUT2D eigenvalue weighted by Gasteiger charge is 2.25. The second kappa shape index (κ2) is 8.04. The molecule has 0 aromatic rings. The van der Waals surface area contributed by atoms with E-state index in [4.69, 9.17) is 4.74 Å². The molecule has 0 saturated heterocycles. The van der Waals surface area contributed by atoms with Crippen LogP contribution in [0.15, 0.2) is 0 Å². The molecule has 0 spiro atoms. The molecule has 0 aromatic heterocycles. The number of rotatable bonds is 7. The Morgan fingerprint density at radius 3 is 2.69 bits per heavy atom. The summed E-state index contributed by atoms with van der Waals surface area (Å²) in [6.07, 6.45) is 6.74. The Balaban J connectivity index is 2.10. The number of aliphatic hydroxyl groups is 1. The van der Waals surface area contributed by atoms with Crippen molar-refractivity contribution in [3.8, 4) is 0 Å². The molecule has 0 heterocycles. The van der Waals surface area contributed by atoms with E-state index in [0.29, 0.717) is 6.04 Å². The summed E-state index contributed by atoms with van der Waals surface area (Å²) in [5, 5.41) is 9.90. The summed E-state index contributed by atoms with van der Waals surface area (Å²) in [5.41, 5.74) is 0. The summed E-state index contributed by atoms with van der Waals surface area (Å²) >= 11 is 0. The van der Waals surface area contributed by atoms with Gasteiger partial charge in [0.1, 0.15) is 0 Å². The van der Waals surface area contributed by atoms with Crippen molar-refractivity contribution in [2.24, 2.45) is 0 Å². The fourth-order valence-corrected chi connectivity index (χ4v) is 2.33. The van der Waals surface area contributed by atoms with Crippen LogP contribution in [0.2, 0.25) is 0 Å². The molecule has 1 rings (SSSR count). The average Bonchev–Trinajstić information content (AvgIpc) is 2.29. The van der Waals surface area contributed by atoms with Crippen LogP contribution in [-0.4, -0.2) is 49.0 Å². The van der Waals surface area contributed by atoms with Crippen LogP contribution in [0.5, 0.6) is 0 Å². The van der Waals surface area contributed by atoms with Crippen LogP contribution >= 0.6 is 0 Å². The molecule has 2 unspecified atom stereocenters. The highest BCUT2D eigenvalue weighted by atomic mass is 16.5. The Kier molecular flexibility index (Phi) is 7.01. The highest BCUT2D eigenvalue weighted by molar-refractivity contribution is 4.81. The number of ether oxygens (including phenoxy) is 1. The molecular formula is C13H27NO2. The molecule has 3 nitrogen and oxygen atoms in total. The van der Waals surface area contributed by atoms with Gasteiger partial charge in [-0.15, -0.1) is 0 Å². The van der Waals surface area contributed by atoms with Gasteiger partial charge in [-0.1, -0.05) is 26.2 Å². The summed E-state index contributed by atoms with van der Waals surface area (Å²) < 4.78 is 5.55. The fourth-order valence-electron chi connectivity index (χ4n) is 2.33. The van der Waals surface area contributed by atoms with Crippen LogP contribution in [-0.2, 0) is 4.74 Å². The first-order valence-electron chi connectivity index (χ1n) is 6.71. The zero-order valence-electron chi connectivity index (χ0n) is 10.8. The van der Waals surface area contributed by atoms with Gasteiger partial charge in [0.15, 0.2) is 0 Å². The molecule has 0 aliphatic heterocycles. The fraction of sp³-hybridized carbons (Fsp3) is 1.00. The number of aliphatic hydroxyl groups excluding tert-OH is 1. The van der Waals surface area contributed by atoms with Crippen molar-refractivity contribution in [3.63, 3.8) is 0 Å². The second-order valence-electron chi connectivity index (χ2n) is 4.87. The maximum atomic E-state index is 9.90. The smallest absolute Gasteiger partial charge is 0.0695 e. The van der Waals surface area contributed by atoms with Crippen LogP contribution < -0.4 is 0 Å². The van der Waals surface area contributed by atoms with Gasteiger partial charge in [0.25, 0.3) is 0 Å². The monoisotopic (exact) mass is 229 g/mol. The van der Waals surface area contributed by atoms with E-state index in [1.54, 1.807) is 0 Å². The Labute approximate surface area is 99.8 Å². The van der Waals surface area contributed by atoms with E-state index in [1.807, 2.05) is 0 Å². The van der Waals surface area contributed by atoms with E-state index in [9.17, 15) is 5.11 Å². The van der Waals surface area contributed by atoms with Gasteiger partial charge in [0.05, 0.1) is 12.7 Å². The van der Waals surface area contributed by atoms with Crippen molar-refractivity contribution in [2.45, 2.75) is 57.6 Å². The first-order chi connectivity index (χ1) is 7.75. The SMILES string of the molecule is CCCCOCCN(C)C1CCCCC1O. The Bertz CT molecular complexity index is 175. The molecule has 96 valence electrons. The maximum Gasteiger partial charge on any atom is 0.0695 e. The topological polar surface area (TPSA) is 32.7 Å². The molecule has 0 amide bonds. The summed E-state index contributed by atoms with van der Waals surface area (Å²) in [6.45, 7) is 4.77. The Hall–Kier alpha value is -0.120. The number of likely N-dealkylation sites (N-methyl/N-ethyl adjacent to an activating group) is 1. The normalized spacial score (nSPS) is 26.2. The number of hydrogen-bond donors (Lipinski definition) is 1. The minimum absolute atomic E-state index is 0.130. The van der Waals surface area contributed by atoms with Gasteiger partial charge < -0.3 is 9.84 Å². The van der Waals surface area contributed by atoms with Crippen LogP contribution in [0.4, 0.5) is 0 Å². The molecule has 0 radical (unpaired) electrons. The maximum absolute atomic E-state index is 9.90. The lowest BCUT2D eigenvalue weighted by molar-refractivity contribution is 0.0165. The molecule has 1 aliphatic carbocycles. The van der Waals surface area contributed by atoms with Crippen LogP contribution in [0.1, 0.15) is 45.4 Å². The molecule has 1 aliphatic rings. The first kappa shape index (κ1) is 13.9. The van der Waals surface area contributed by atoms with Gasteiger partial charge in [0, 0.05) is 19.2 Å². The summed E-state index contributed by atoms with van der Waals surface area (Å²) in [7, 11) is 2.10. The third-order valence-corrected chi connectivity index (χ3v) is 3.49. The van der Waals surface area contributed by atoms with Crippen molar-refractivity contribution in [1.82, 2.24) is 4.90 Å². The Morgan fingerprint density at radius 2 is 2.00 bits per heavy atom. The zero-order chi connectivity index (χ0) is 11.8. The molecule has 0 bridgehead atoms. The van der Waals surface area contributed by atoms with Gasteiger partial charge in [-0.05, 0) is 26.3 Å². The van der Waals surface area contributed by atoms with Crippen molar-refractivity contribution in [1.29, 1.82) is 0 Å².